The highest BCUT2D eigenvalue weighted by molar-refractivity contribution is 5.83. The van der Waals surface area contributed by atoms with Crippen molar-refractivity contribution < 1.29 is 9.90 Å². The van der Waals surface area contributed by atoms with E-state index in [0.29, 0.717) is 29.6 Å². The largest absolute Gasteiger partial charge is 0.390 e. The average Bonchev–Trinajstić information content (AvgIpc) is 3.15. The number of aliphatic hydroxyl groups is 1. The van der Waals surface area contributed by atoms with Gasteiger partial charge in [0, 0.05) is 12.3 Å². The van der Waals surface area contributed by atoms with Crippen molar-refractivity contribution in [3.63, 3.8) is 0 Å². The van der Waals surface area contributed by atoms with Gasteiger partial charge in [0.2, 0.25) is 0 Å². The normalized spacial score (nSPS) is 43.0. The van der Waals surface area contributed by atoms with Crippen LogP contribution in [-0.4, -0.2) is 16.5 Å². The summed E-state index contributed by atoms with van der Waals surface area (Å²) in [6.45, 7) is 6.65. The number of rotatable bonds is 4. The second kappa shape index (κ2) is 8.53. The Kier molecular flexibility index (Phi) is 5.97. The van der Waals surface area contributed by atoms with Crippen LogP contribution in [0.4, 0.5) is 0 Å². The van der Waals surface area contributed by atoms with Crippen LogP contribution in [0.3, 0.4) is 0 Å². The maximum atomic E-state index is 13.6. The lowest BCUT2D eigenvalue weighted by Crippen LogP contribution is -2.51. The van der Waals surface area contributed by atoms with E-state index in [1.807, 2.05) is 31.2 Å². The Morgan fingerprint density at radius 3 is 2.48 bits per heavy atom. The number of carbonyl (C=O) groups is 1. The number of hydrogen-bond donors (Lipinski definition) is 1. The van der Waals surface area contributed by atoms with Gasteiger partial charge < -0.3 is 5.11 Å². The van der Waals surface area contributed by atoms with Crippen molar-refractivity contribution in [2.45, 2.75) is 96.5 Å². The molecule has 4 fully saturated rings. The van der Waals surface area contributed by atoms with Crippen molar-refractivity contribution in [3.8, 4) is 6.07 Å². The molecular weight excluding hydrogens is 406 g/mol. The lowest BCUT2D eigenvalue weighted by Gasteiger charge is -2.56. The number of ketones is 1. The summed E-state index contributed by atoms with van der Waals surface area (Å²) in [7, 11) is 0. The third kappa shape index (κ3) is 4.07. The summed E-state index contributed by atoms with van der Waals surface area (Å²) in [5.41, 5.74) is 1.57. The molecule has 0 saturated heterocycles. The predicted octanol–water partition coefficient (Wildman–Crippen LogP) is 6.64. The monoisotopic (exact) mass is 447 g/mol. The van der Waals surface area contributed by atoms with E-state index in [4.69, 9.17) is 5.26 Å². The van der Waals surface area contributed by atoms with Crippen LogP contribution in [0.5, 0.6) is 0 Å². The Labute approximate surface area is 200 Å². The first-order valence-corrected chi connectivity index (χ1v) is 13.5. The summed E-state index contributed by atoms with van der Waals surface area (Å²) in [4.78, 5) is 13.6. The molecule has 33 heavy (non-hydrogen) atoms. The van der Waals surface area contributed by atoms with Gasteiger partial charge >= 0.3 is 0 Å². The SMILES string of the molecule is C[C@H](CC(=O)[C@H]1CC[C@H]2[C@@H]3CC[C@@H]4C[C@](C)(O)CC[C@@H]4[C@H]3CC[C@]12C)c1ccc(C#N)cc1. The van der Waals surface area contributed by atoms with Gasteiger partial charge in [0.05, 0.1) is 17.2 Å². The zero-order chi connectivity index (χ0) is 23.4. The predicted molar refractivity (Wildman–Crippen MR) is 130 cm³/mol. The molecule has 0 amide bonds. The highest BCUT2D eigenvalue weighted by Crippen LogP contribution is 2.64. The fraction of sp³-hybridized carbons (Fsp3) is 0.733. The first kappa shape index (κ1) is 23.1. The van der Waals surface area contributed by atoms with E-state index in [2.05, 4.69) is 19.9 Å². The molecule has 0 aliphatic heterocycles. The maximum Gasteiger partial charge on any atom is 0.137 e. The summed E-state index contributed by atoms with van der Waals surface area (Å²) in [6.07, 6.45) is 11.2. The van der Waals surface area contributed by atoms with Crippen molar-refractivity contribution in [1.82, 2.24) is 0 Å². The summed E-state index contributed by atoms with van der Waals surface area (Å²) < 4.78 is 0. The molecule has 0 radical (unpaired) electrons. The van der Waals surface area contributed by atoms with Crippen LogP contribution >= 0.6 is 0 Å². The third-order valence-corrected chi connectivity index (χ3v) is 10.7. The lowest BCUT2D eigenvalue weighted by atomic mass is 9.49. The number of benzene rings is 1. The van der Waals surface area contributed by atoms with Gasteiger partial charge in [0.1, 0.15) is 5.78 Å². The summed E-state index contributed by atoms with van der Waals surface area (Å²) in [5.74, 6) is 4.73. The maximum absolute atomic E-state index is 13.6. The lowest BCUT2D eigenvalue weighted by molar-refractivity contribution is -0.132. The van der Waals surface area contributed by atoms with Crippen LogP contribution < -0.4 is 0 Å². The Morgan fingerprint density at radius 1 is 1.03 bits per heavy atom. The van der Waals surface area contributed by atoms with Gasteiger partial charge in [-0.1, -0.05) is 26.0 Å². The second-order valence-corrected chi connectivity index (χ2v) is 12.7. The van der Waals surface area contributed by atoms with Crippen LogP contribution in [0.15, 0.2) is 24.3 Å². The smallest absolute Gasteiger partial charge is 0.137 e. The first-order chi connectivity index (χ1) is 15.7. The highest BCUT2D eigenvalue weighted by Gasteiger charge is 2.58. The minimum Gasteiger partial charge on any atom is -0.390 e. The molecule has 0 bridgehead atoms. The minimum atomic E-state index is -0.451. The molecule has 1 N–H and O–H groups in total. The molecule has 0 aromatic heterocycles. The zero-order valence-corrected chi connectivity index (χ0v) is 20.7. The van der Waals surface area contributed by atoms with Gasteiger partial charge in [-0.15, -0.1) is 0 Å². The second-order valence-electron chi connectivity index (χ2n) is 12.7. The average molecular weight is 448 g/mol. The molecule has 1 aromatic carbocycles. The van der Waals surface area contributed by atoms with E-state index in [1.54, 1.807) is 0 Å². The van der Waals surface area contributed by atoms with Crippen LogP contribution in [-0.2, 0) is 4.79 Å². The molecular formula is C30H41NO2. The topological polar surface area (TPSA) is 61.1 Å². The standard InChI is InChI=1S/C30H41NO2/c1-19(21-6-4-20(18-31)5-7-21)16-28(32)27-11-10-26-25-9-8-22-17-29(2,33)14-12-23(22)24(25)13-15-30(26,27)3/h4-7,19,22-27,33H,8-17H2,1-3H3/t19-,22-,23+,24-,25-,26+,27-,29-,30+/m1/s1. The van der Waals surface area contributed by atoms with Gasteiger partial charge in [-0.3, -0.25) is 4.79 Å². The van der Waals surface area contributed by atoms with Gasteiger partial charge in [-0.05, 0) is 123 Å². The zero-order valence-electron chi connectivity index (χ0n) is 20.7. The third-order valence-electron chi connectivity index (χ3n) is 10.7. The number of fused-ring (bicyclic) bond motifs is 5. The fourth-order valence-electron chi connectivity index (χ4n) is 9.06. The first-order valence-electron chi connectivity index (χ1n) is 13.5. The van der Waals surface area contributed by atoms with E-state index in [0.717, 1.165) is 42.6 Å². The molecule has 178 valence electrons. The van der Waals surface area contributed by atoms with Crippen LogP contribution in [0.1, 0.15) is 102 Å². The molecule has 9 atom stereocenters. The number of Topliss-reactive ketones (excluding diaryl/α,β-unsaturated/α-hetero) is 1. The van der Waals surface area contributed by atoms with E-state index in [-0.39, 0.29) is 17.3 Å². The molecule has 0 spiro atoms. The van der Waals surface area contributed by atoms with E-state index in [1.165, 1.54) is 38.5 Å². The Bertz CT molecular complexity index is 928. The van der Waals surface area contributed by atoms with Crippen molar-refractivity contribution in [2.24, 2.45) is 40.9 Å². The summed E-state index contributed by atoms with van der Waals surface area (Å²) >= 11 is 0. The van der Waals surface area contributed by atoms with Gasteiger partial charge in [-0.2, -0.15) is 5.26 Å². The Balaban J connectivity index is 1.27. The van der Waals surface area contributed by atoms with Crippen LogP contribution in [0, 0.1) is 52.3 Å². The van der Waals surface area contributed by atoms with Crippen molar-refractivity contribution >= 4 is 5.78 Å². The molecule has 3 heteroatoms. The number of nitrogens with zero attached hydrogens (tertiary/aromatic N) is 1. The molecule has 4 saturated carbocycles. The molecule has 1 aromatic rings. The molecule has 0 heterocycles. The van der Waals surface area contributed by atoms with Crippen LogP contribution in [0.25, 0.3) is 0 Å². The highest BCUT2D eigenvalue weighted by atomic mass is 16.3. The molecule has 4 aliphatic carbocycles. The molecule has 3 nitrogen and oxygen atoms in total. The van der Waals surface area contributed by atoms with Crippen molar-refractivity contribution in [3.05, 3.63) is 35.4 Å². The van der Waals surface area contributed by atoms with Gasteiger partial charge in [-0.25, -0.2) is 0 Å². The molecule has 5 rings (SSSR count). The summed E-state index contributed by atoms with van der Waals surface area (Å²) in [5, 5.41) is 19.7. The van der Waals surface area contributed by atoms with Crippen LogP contribution in [0.2, 0.25) is 0 Å². The van der Waals surface area contributed by atoms with Gasteiger partial charge in [0.25, 0.3) is 0 Å². The Morgan fingerprint density at radius 2 is 1.76 bits per heavy atom. The van der Waals surface area contributed by atoms with Crippen molar-refractivity contribution in [1.29, 1.82) is 5.26 Å². The van der Waals surface area contributed by atoms with Gasteiger partial charge in [0.15, 0.2) is 0 Å². The quantitative estimate of drug-likeness (QED) is 0.563. The number of nitriles is 1. The van der Waals surface area contributed by atoms with E-state index < -0.39 is 5.60 Å². The Hall–Kier alpha value is -1.66. The van der Waals surface area contributed by atoms with E-state index >= 15 is 0 Å². The van der Waals surface area contributed by atoms with Crippen molar-refractivity contribution in [2.75, 3.05) is 0 Å². The molecule has 0 unspecified atom stereocenters. The fourth-order valence-corrected chi connectivity index (χ4v) is 9.06. The van der Waals surface area contributed by atoms with E-state index in [9.17, 15) is 9.90 Å². The summed E-state index contributed by atoms with van der Waals surface area (Å²) in [6, 6.07) is 9.94. The molecule has 4 aliphatic rings. The minimum absolute atomic E-state index is 0.176. The number of hydrogen-bond acceptors (Lipinski definition) is 3. The number of carbonyl (C=O) groups excluding carboxylic acids is 1.